The van der Waals surface area contributed by atoms with Crippen molar-refractivity contribution in [2.75, 3.05) is 13.7 Å². The summed E-state index contributed by atoms with van der Waals surface area (Å²) in [6, 6.07) is 11.3. The third-order valence-corrected chi connectivity index (χ3v) is 4.42. The van der Waals surface area contributed by atoms with E-state index in [9.17, 15) is 26.7 Å². The molecule has 0 radical (unpaired) electrons. The Hall–Kier alpha value is -3.63. The van der Waals surface area contributed by atoms with E-state index in [4.69, 9.17) is 4.74 Å². The molecule has 3 rings (SSSR count). The van der Waals surface area contributed by atoms with Gasteiger partial charge in [0.1, 0.15) is 0 Å². The molecule has 1 aromatic heterocycles. The van der Waals surface area contributed by atoms with Crippen molar-refractivity contribution in [3.63, 3.8) is 0 Å². The Bertz CT molecular complexity index is 1070. The third kappa shape index (κ3) is 5.74. The van der Waals surface area contributed by atoms with Crippen molar-refractivity contribution in [1.29, 1.82) is 0 Å². The first-order valence-electron chi connectivity index (χ1n) is 9.30. The average molecular weight is 455 g/mol. The Morgan fingerprint density at radius 3 is 2.41 bits per heavy atom. The number of aromatic nitrogens is 2. The van der Waals surface area contributed by atoms with Crippen molar-refractivity contribution in [3.8, 4) is 17.2 Å². The maximum absolute atomic E-state index is 12.7. The Labute approximate surface area is 179 Å². The van der Waals surface area contributed by atoms with Crippen LogP contribution in [0.15, 0.2) is 54.7 Å². The summed E-state index contributed by atoms with van der Waals surface area (Å²) in [5, 5.41) is 6.16. The van der Waals surface area contributed by atoms with E-state index in [-0.39, 0.29) is 18.0 Å². The fourth-order valence-corrected chi connectivity index (χ4v) is 2.87. The summed E-state index contributed by atoms with van der Waals surface area (Å²) >= 11 is 0. The van der Waals surface area contributed by atoms with Crippen molar-refractivity contribution in [1.82, 2.24) is 15.1 Å². The van der Waals surface area contributed by atoms with Crippen LogP contribution in [0.2, 0.25) is 0 Å². The smallest absolute Gasteiger partial charge is 0.435 e. The van der Waals surface area contributed by atoms with Gasteiger partial charge in [-0.3, -0.25) is 4.79 Å². The number of carbonyl (C=O) groups is 1. The van der Waals surface area contributed by atoms with Crippen LogP contribution in [0.3, 0.4) is 0 Å². The molecule has 0 aliphatic heterocycles. The number of hydrogen-bond acceptors (Lipinski definition) is 4. The Kier molecular flexibility index (Phi) is 6.96. The molecule has 0 fully saturated rings. The van der Waals surface area contributed by atoms with Gasteiger partial charge in [0.2, 0.25) is 0 Å². The van der Waals surface area contributed by atoms with Gasteiger partial charge >= 0.3 is 12.8 Å². The summed E-state index contributed by atoms with van der Waals surface area (Å²) in [6.45, 7) is -2.78. The van der Waals surface area contributed by atoms with Crippen LogP contribution in [-0.4, -0.2) is 36.0 Å². The van der Waals surface area contributed by atoms with E-state index in [2.05, 4.69) is 15.2 Å². The van der Waals surface area contributed by atoms with Crippen LogP contribution in [0.1, 0.15) is 21.6 Å². The molecular weight excluding hydrogens is 437 g/mol. The molecule has 0 bridgehead atoms. The molecule has 3 aromatic rings. The maximum Gasteiger partial charge on any atom is 0.435 e. The number of amides is 1. The zero-order valence-electron chi connectivity index (χ0n) is 16.7. The summed E-state index contributed by atoms with van der Waals surface area (Å²) in [5.74, 6) is -0.336. The van der Waals surface area contributed by atoms with Crippen molar-refractivity contribution in [2.24, 2.45) is 0 Å². The highest BCUT2D eigenvalue weighted by atomic mass is 19.4. The van der Waals surface area contributed by atoms with Crippen LogP contribution in [0.4, 0.5) is 22.0 Å². The van der Waals surface area contributed by atoms with Gasteiger partial charge in [0.15, 0.2) is 17.2 Å². The zero-order valence-corrected chi connectivity index (χ0v) is 16.7. The summed E-state index contributed by atoms with van der Waals surface area (Å²) in [4.78, 5) is 12.3. The number of nitrogens with zero attached hydrogens (tertiary/aromatic N) is 2. The number of ether oxygens (including phenoxy) is 2. The predicted octanol–water partition coefficient (Wildman–Crippen LogP) is 4.47. The van der Waals surface area contributed by atoms with Gasteiger partial charge in [0, 0.05) is 18.3 Å². The minimum Gasteiger partial charge on any atom is -0.493 e. The molecule has 11 heteroatoms. The third-order valence-electron chi connectivity index (χ3n) is 4.42. The van der Waals surface area contributed by atoms with Crippen molar-refractivity contribution < 1.29 is 36.2 Å². The van der Waals surface area contributed by atoms with Gasteiger partial charge in [-0.15, -0.1) is 0 Å². The summed E-state index contributed by atoms with van der Waals surface area (Å²) in [6.07, 6.45) is -3.01. The second-order valence-corrected chi connectivity index (χ2v) is 6.56. The molecule has 0 saturated heterocycles. The Morgan fingerprint density at radius 2 is 1.81 bits per heavy atom. The number of alkyl halides is 5. The largest absolute Gasteiger partial charge is 0.493 e. The number of nitrogens with one attached hydrogen (secondary N) is 1. The van der Waals surface area contributed by atoms with Crippen molar-refractivity contribution in [2.45, 2.75) is 19.2 Å². The molecule has 1 amide bonds. The molecule has 32 heavy (non-hydrogen) atoms. The molecule has 6 nitrogen and oxygen atoms in total. The van der Waals surface area contributed by atoms with E-state index in [0.29, 0.717) is 23.2 Å². The van der Waals surface area contributed by atoms with E-state index in [0.717, 1.165) is 10.7 Å². The average Bonchev–Trinajstić information content (AvgIpc) is 3.24. The fraction of sp³-hybridized carbons (Fsp3) is 0.238. The van der Waals surface area contributed by atoms with Gasteiger partial charge < -0.3 is 14.8 Å². The Morgan fingerprint density at radius 1 is 1.09 bits per heavy atom. The predicted molar refractivity (Wildman–Crippen MR) is 104 cm³/mol. The number of methoxy groups -OCH3 is 1. The molecule has 2 aromatic carbocycles. The molecule has 170 valence electrons. The highest BCUT2D eigenvalue weighted by Crippen LogP contribution is 2.30. The maximum atomic E-state index is 12.7. The van der Waals surface area contributed by atoms with Gasteiger partial charge in [0.05, 0.1) is 12.8 Å². The van der Waals surface area contributed by atoms with Crippen LogP contribution in [0.5, 0.6) is 11.5 Å². The molecule has 0 aliphatic carbocycles. The molecule has 0 saturated carbocycles. The van der Waals surface area contributed by atoms with E-state index in [1.165, 1.54) is 49.7 Å². The minimum absolute atomic E-state index is 0.103. The minimum atomic E-state index is -4.54. The standard InChI is InChI=1S/C21H18F5N3O3/c1-31-16-7-2-13(12-17(16)32-20(22)23)8-10-27-19(30)14-3-5-15(6-4-14)29-11-9-18(28-29)21(24,25)26/h2-7,9,11-12,20H,8,10H2,1H3,(H,27,30). The lowest BCUT2D eigenvalue weighted by molar-refractivity contribution is -0.141. The lowest BCUT2D eigenvalue weighted by atomic mass is 10.1. The van der Waals surface area contributed by atoms with Gasteiger partial charge in [-0.25, -0.2) is 4.68 Å². The van der Waals surface area contributed by atoms with Crippen molar-refractivity contribution in [3.05, 3.63) is 71.5 Å². The van der Waals surface area contributed by atoms with Crippen molar-refractivity contribution >= 4 is 5.91 Å². The zero-order chi connectivity index (χ0) is 23.3. The van der Waals surface area contributed by atoms with Crippen LogP contribution in [0, 0.1) is 0 Å². The summed E-state index contributed by atoms with van der Waals surface area (Å²) in [5.41, 5.74) is 0.298. The fourth-order valence-electron chi connectivity index (χ4n) is 2.87. The number of halogens is 5. The normalized spacial score (nSPS) is 11.5. The van der Waals surface area contributed by atoms with Crippen LogP contribution >= 0.6 is 0 Å². The topological polar surface area (TPSA) is 65.4 Å². The van der Waals surface area contributed by atoms with E-state index < -0.39 is 24.4 Å². The van der Waals surface area contributed by atoms with Crippen LogP contribution < -0.4 is 14.8 Å². The van der Waals surface area contributed by atoms with Crippen LogP contribution in [-0.2, 0) is 12.6 Å². The van der Waals surface area contributed by atoms with Crippen LogP contribution in [0.25, 0.3) is 5.69 Å². The summed E-state index contributed by atoms with van der Waals surface area (Å²) < 4.78 is 73.5. The molecule has 0 spiro atoms. The van der Waals surface area contributed by atoms with E-state index in [1.54, 1.807) is 6.07 Å². The molecule has 0 aliphatic rings. The second-order valence-electron chi connectivity index (χ2n) is 6.56. The number of rotatable bonds is 8. The van der Waals surface area contributed by atoms with E-state index >= 15 is 0 Å². The molecule has 0 unspecified atom stereocenters. The van der Waals surface area contributed by atoms with Gasteiger partial charge in [-0.1, -0.05) is 6.07 Å². The first kappa shape index (κ1) is 23.0. The lowest BCUT2D eigenvalue weighted by Crippen LogP contribution is -2.25. The highest BCUT2D eigenvalue weighted by Gasteiger charge is 2.33. The SMILES string of the molecule is COc1ccc(CCNC(=O)c2ccc(-n3ccc(C(F)(F)F)n3)cc2)cc1OC(F)F. The first-order chi connectivity index (χ1) is 15.2. The highest BCUT2D eigenvalue weighted by molar-refractivity contribution is 5.94. The Balaban J connectivity index is 1.58. The molecule has 0 atom stereocenters. The van der Waals surface area contributed by atoms with Gasteiger partial charge in [-0.05, 0) is 54.4 Å². The van der Waals surface area contributed by atoms with Gasteiger partial charge in [-0.2, -0.15) is 27.1 Å². The molecule has 1 heterocycles. The lowest BCUT2D eigenvalue weighted by Gasteiger charge is -2.12. The van der Waals surface area contributed by atoms with E-state index in [1.807, 2.05) is 0 Å². The number of carbonyl (C=O) groups excluding carboxylic acids is 1. The molecule has 1 N–H and O–H groups in total. The monoisotopic (exact) mass is 455 g/mol. The molecular formula is C21H18F5N3O3. The van der Waals surface area contributed by atoms with Gasteiger partial charge in [0.25, 0.3) is 5.91 Å². The summed E-state index contributed by atoms with van der Waals surface area (Å²) in [7, 11) is 1.33. The quantitative estimate of drug-likeness (QED) is 0.509. The first-order valence-corrected chi connectivity index (χ1v) is 9.30. The number of hydrogen-bond donors (Lipinski definition) is 1. The number of benzene rings is 2. The second kappa shape index (κ2) is 9.67.